The van der Waals surface area contributed by atoms with Crippen LogP contribution >= 0.6 is 0 Å². The molecule has 0 fully saturated rings. The molecule has 0 aliphatic heterocycles. The largest absolute Gasteiger partial charge is 0.416 e. The van der Waals surface area contributed by atoms with Crippen LogP contribution in [0.4, 0.5) is 31.1 Å². The van der Waals surface area contributed by atoms with Gasteiger partial charge in [0, 0.05) is 48.9 Å². The van der Waals surface area contributed by atoms with E-state index < -0.39 is 47.8 Å². The van der Waals surface area contributed by atoms with Crippen molar-refractivity contribution in [3.8, 4) is 0 Å². The van der Waals surface area contributed by atoms with E-state index in [2.05, 4.69) is 20.6 Å². The number of alkyl halides is 6. The predicted molar refractivity (Wildman–Crippen MR) is 135 cm³/mol. The van der Waals surface area contributed by atoms with Crippen LogP contribution in [-0.4, -0.2) is 27.8 Å². The number of para-hydroxylation sites is 1. The van der Waals surface area contributed by atoms with Crippen molar-refractivity contribution in [2.24, 2.45) is 0 Å². The molecule has 2 amide bonds. The molecule has 0 saturated carbocycles. The molecule has 2 aromatic heterocycles. The number of pyridine rings is 1. The van der Waals surface area contributed by atoms with Gasteiger partial charge in [0.15, 0.2) is 5.78 Å². The fraction of sp³-hybridized carbons (Fsp3) is 0.250. The summed E-state index contributed by atoms with van der Waals surface area (Å²) in [4.78, 5) is 32.9. The van der Waals surface area contributed by atoms with Gasteiger partial charge >= 0.3 is 18.4 Å². The van der Waals surface area contributed by atoms with Crippen molar-refractivity contribution < 1.29 is 35.9 Å². The number of urea groups is 1. The molecule has 2 heterocycles. The lowest BCUT2D eigenvalue weighted by atomic mass is 9.96. The fourth-order valence-corrected chi connectivity index (χ4v) is 4.26. The molecule has 0 aliphatic rings. The average molecular weight is 563 g/mol. The SMILES string of the molecule is O=C(NCc1ccncc1)NC(Cc1c[nH]c2ccccc12)C(=O)CCc1cc(C(F)(F)F)cc(C(F)(F)F)c1. The lowest BCUT2D eigenvalue weighted by molar-refractivity contribution is -0.143. The van der Waals surface area contributed by atoms with E-state index in [1.54, 1.807) is 36.8 Å². The number of Topliss-reactive ketones (excluding diaryl/α,β-unsaturated/α-hetero) is 1. The minimum absolute atomic E-state index is 0.0415. The molecule has 4 aromatic rings. The highest BCUT2D eigenvalue weighted by molar-refractivity contribution is 5.90. The molecule has 40 heavy (non-hydrogen) atoms. The first-order valence-electron chi connectivity index (χ1n) is 12.2. The van der Waals surface area contributed by atoms with E-state index in [0.29, 0.717) is 17.7 Å². The highest BCUT2D eigenvalue weighted by atomic mass is 19.4. The van der Waals surface area contributed by atoms with Crippen LogP contribution in [0.2, 0.25) is 0 Å². The number of carbonyl (C=O) groups is 2. The Labute approximate surface area is 224 Å². The molecule has 0 saturated heterocycles. The van der Waals surface area contributed by atoms with Crippen LogP contribution in [0.15, 0.2) is 73.2 Å². The normalized spacial score (nSPS) is 12.8. The van der Waals surface area contributed by atoms with E-state index in [1.165, 1.54) is 0 Å². The number of rotatable bonds is 9. The molecule has 12 heteroatoms. The number of H-pyrrole nitrogens is 1. The zero-order chi connectivity index (χ0) is 28.9. The van der Waals surface area contributed by atoms with E-state index in [9.17, 15) is 35.9 Å². The Morgan fingerprint density at radius 1 is 0.875 bits per heavy atom. The van der Waals surface area contributed by atoms with Crippen LogP contribution in [0.1, 0.15) is 34.2 Å². The Hall–Kier alpha value is -4.35. The molecular formula is C28H24F6N4O2. The molecule has 0 radical (unpaired) electrons. The molecule has 0 aliphatic carbocycles. The quantitative estimate of drug-likeness (QED) is 0.212. The van der Waals surface area contributed by atoms with Crippen LogP contribution in [0.5, 0.6) is 0 Å². The highest BCUT2D eigenvalue weighted by Gasteiger charge is 2.37. The molecule has 4 rings (SSSR count). The van der Waals surface area contributed by atoms with Gasteiger partial charge in [-0.1, -0.05) is 18.2 Å². The lowest BCUT2D eigenvalue weighted by Gasteiger charge is -2.19. The summed E-state index contributed by atoms with van der Waals surface area (Å²) in [6.07, 6.45) is -5.91. The van der Waals surface area contributed by atoms with Crippen LogP contribution in [0, 0.1) is 0 Å². The van der Waals surface area contributed by atoms with Gasteiger partial charge in [0.2, 0.25) is 0 Å². The zero-order valence-corrected chi connectivity index (χ0v) is 20.9. The Bertz CT molecular complexity index is 1450. The van der Waals surface area contributed by atoms with Gasteiger partial charge in [0.25, 0.3) is 0 Å². The van der Waals surface area contributed by atoms with Crippen LogP contribution < -0.4 is 10.6 Å². The van der Waals surface area contributed by atoms with Crippen molar-refractivity contribution in [2.75, 3.05) is 0 Å². The Balaban J connectivity index is 1.52. The first-order chi connectivity index (χ1) is 18.9. The van der Waals surface area contributed by atoms with Gasteiger partial charge in [-0.15, -0.1) is 0 Å². The molecule has 210 valence electrons. The smallest absolute Gasteiger partial charge is 0.361 e. The molecule has 0 bridgehead atoms. The molecule has 2 aromatic carbocycles. The van der Waals surface area contributed by atoms with E-state index in [-0.39, 0.29) is 31.0 Å². The monoisotopic (exact) mass is 562 g/mol. The predicted octanol–water partition coefficient (Wildman–Crippen LogP) is 6.21. The number of aryl methyl sites for hydroxylation is 1. The number of hydrogen-bond donors (Lipinski definition) is 3. The van der Waals surface area contributed by atoms with Crippen molar-refractivity contribution in [1.82, 2.24) is 20.6 Å². The van der Waals surface area contributed by atoms with Gasteiger partial charge in [-0.25, -0.2) is 4.79 Å². The number of hydrogen-bond acceptors (Lipinski definition) is 3. The van der Waals surface area contributed by atoms with Gasteiger partial charge in [-0.3, -0.25) is 9.78 Å². The minimum atomic E-state index is -4.99. The maximum atomic E-state index is 13.2. The van der Waals surface area contributed by atoms with Crippen LogP contribution in [-0.2, 0) is 36.5 Å². The van der Waals surface area contributed by atoms with Gasteiger partial charge in [0.05, 0.1) is 17.2 Å². The van der Waals surface area contributed by atoms with Gasteiger partial charge < -0.3 is 15.6 Å². The molecule has 0 spiro atoms. The number of benzene rings is 2. The van der Waals surface area contributed by atoms with Crippen LogP contribution in [0.3, 0.4) is 0 Å². The minimum Gasteiger partial charge on any atom is -0.361 e. The number of aromatic amines is 1. The summed E-state index contributed by atoms with van der Waals surface area (Å²) < 4.78 is 79.5. The second kappa shape index (κ2) is 11.8. The summed E-state index contributed by atoms with van der Waals surface area (Å²) in [5.41, 5.74) is -0.920. The summed E-state index contributed by atoms with van der Waals surface area (Å²) in [5.74, 6) is -0.546. The number of amides is 2. The number of fused-ring (bicyclic) bond motifs is 1. The van der Waals surface area contributed by atoms with E-state index in [0.717, 1.165) is 16.5 Å². The Morgan fingerprint density at radius 3 is 2.17 bits per heavy atom. The van der Waals surface area contributed by atoms with Gasteiger partial charge in [-0.2, -0.15) is 26.3 Å². The van der Waals surface area contributed by atoms with Gasteiger partial charge in [-0.05, 0) is 59.5 Å². The maximum Gasteiger partial charge on any atom is 0.416 e. The first-order valence-corrected chi connectivity index (χ1v) is 12.2. The van der Waals surface area contributed by atoms with Crippen molar-refractivity contribution in [2.45, 2.75) is 44.2 Å². The summed E-state index contributed by atoms with van der Waals surface area (Å²) in [5, 5.41) is 6.06. The van der Waals surface area contributed by atoms with Gasteiger partial charge in [0.1, 0.15) is 0 Å². The van der Waals surface area contributed by atoms with E-state index in [1.807, 2.05) is 18.2 Å². The summed E-state index contributed by atoms with van der Waals surface area (Å²) in [7, 11) is 0. The molecule has 1 atom stereocenters. The number of aromatic nitrogens is 2. The van der Waals surface area contributed by atoms with E-state index in [4.69, 9.17) is 0 Å². The van der Waals surface area contributed by atoms with Crippen molar-refractivity contribution in [1.29, 1.82) is 0 Å². The third-order valence-electron chi connectivity index (χ3n) is 6.30. The van der Waals surface area contributed by atoms with E-state index >= 15 is 0 Å². The topological polar surface area (TPSA) is 86.9 Å². The number of carbonyl (C=O) groups excluding carboxylic acids is 2. The number of ketones is 1. The number of nitrogens with zero attached hydrogens (tertiary/aromatic N) is 1. The van der Waals surface area contributed by atoms with Crippen molar-refractivity contribution in [3.05, 3.63) is 101 Å². The lowest BCUT2D eigenvalue weighted by Crippen LogP contribution is -2.47. The number of nitrogens with one attached hydrogen (secondary N) is 3. The zero-order valence-electron chi connectivity index (χ0n) is 20.9. The van der Waals surface area contributed by atoms with Crippen LogP contribution in [0.25, 0.3) is 10.9 Å². The third-order valence-corrected chi connectivity index (χ3v) is 6.30. The highest BCUT2D eigenvalue weighted by Crippen LogP contribution is 2.36. The molecule has 6 nitrogen and oxygen atoms in total. The van der Waals surface area contributed by atoms with Crippen molar-refractivity contribution >= 4 is 22.7 Å². The number of halogens is 6. The molecule has 1 unspecified atom stereocenters. The first kappa shape index (κ1) is 28.7. The fourth-order valence-electron chi connectivity index (χ4n) is 4.26. The Kier molecular flexibility index (Phi) is 8.46. The molecule has 3 N–H and O–H groups in total. The third kappa shape index (κ3) is 7.39. The summed E-state index contributed by atoms with van der Waals surface area (Å²) >= 11 is 0. The summed E-state index contributed by atoms with van der Waals surface area (Å²) in [6, 6.07) is 10.2. The second-order valence-corrected chi connectivity index (χ2v) is 9.18. The maximum absolute atomic E-state index is 13.2. The summed E-state index contributed by atoms with van der Waals surface area (Å²) in [6.45, 7) is 0.146. The second-order valence-electron chi connectivity index (χ2n) is 9.18. The van der Waals surface area contributed by atoms with Crippen molar-refractivity contribution in [3.63, 3.8) is 0 Å². The average Bonchev–Trinajstić information content (AvgIpc) is 3.32. The molecular weight excluding hydrogens is 538 g/mol. The Morgan fingerprint density at radius 2 is 1.52 bits per heavy atom. The standard InChI is InChI=1S/C28H24F6N4O2/c29-27(30,31)20-11-18(12-21(14-20)28(32,33)34)5-6-25(39)24(13-19-16-36-23-4-2-1-3-22(19)23)38-26(40)37-15-17-7-9-35-10-8-17/h1-4,7-12,14,16,24,36H,5-6,13,15H2,(H2,37,38,40).